The number of nitrogens with one attached hydrogen (secondary N) is 1. The molecule has 1 aromatic rings. The van der Waals surface area contributed by atoms with E-state index in [2.05, 4.69) is 36.1 Å². The first-order valence-corrected chi connectivity index (χ1v) is 8.11. The van der Waals surface area contributed by atoms with Crippen LogP contribution in [0.5, 0.6) is 0 Å². The minimum atomic E-state index is 0.643. The van der Waals surface area contributed by atoms with Crippen molar-refractivity contribution in [2.75, 3.05) is 0 Å². The van der Waals surface area contributed by atoms with Gasteiger partial charge in [-0.3, -0.25) is 4.68 Å². The van der Waals surface area contributed by atoms with Crippen LogP contribution in [0.1, 0.15) is 76.9 Å². The van der Waals surface area contributed by atoms with Crippen LogP contribution >= 0.6 is 0 Å². The third-order valence-electron chi connectivity index (χ3n) is 4.31. The molecule has 0 aliphatic heterocycles. The molecule has 0 spiro atoms. The molecule has 2 rings (SSSR count). The second kappa shape index (κ2) is 7.68. The van der Waals surface area contributed by atoms with E-state index in [1.165, 1.54) is 57.1 Å². The lowest BCUT2D eigenvalue weighted by atomic mass is 9.96. The number of hydrogen-bond donors (Lipinski definition) is 1. The van der Waals surface area contributed by atoms with Gasteiger partial charge in [-0.15, -0.1) is 0 Å². The molecule has 1 saturated carbocycles. The molecule has 3 nitrogen and oxygen atoms in total. The standard InChI is InChI=1S/C16H29N3/c1-3-8-14(4-2)17-13-15-11-12-19(18-15)16-9-6-5-7-10-16/h11-12,14,16-17H,3-10,13H2,1-2H3. The van der Waals surface area contributed by atoms with Gasteiger partial charge >= 0.3 is 0 Å². The van der Waals surface area contributed by atoms with Gasteiger partial charge in [0.1, 0.15) is 0 Å². The van der Waals surface area contributed by atoms with Crippen LogP contribution in [0.4, 0.5) is 0 Å². The Hall–Kier alpha value is -0.830. The maximum Gasteiger partial charge on any atom is 0.0762 e. The molecule has 0 amide bonds. The first kappa shape index (κ1) is 14.6. The molecule has 0 aromatic carbocycles. The van der Waals surface area contributed by atoms with E-state index >= 15 is 0 Å². The first-order valence-electron chi connectivity index (χ1n) is 8.11. The van der Waals surface area contributed by atoms with Gasteiger partial charge in [-0.05, 0) is 31.7 Å². The van der Waals surface area contributed by atoms with E-state index < -0.39 is 0 Å². The van der Waals surface area contributed by atoms with Gasteiger partial charge in [-0.2, -0.15) is 5.10 Å². The number of nitrogens with zero attached hydrogens (tertiary/aromatic N) is 2. The Balaban J connectivity index is 1.82. The van der Waals surface area contributed by atoms with Crippen LogP contribution in [-0.4, -0.2) is 15.8 Å². The van der Waals surface area contributed by atoms with Gasteiger partial charge in [0.2, 0.25) is 0 Å². The highest BCUT2D eigenvalue weighted by Gasteiger charge is 2.16. The van der Waals surface area contributed by atoms with Gasteiger partial charge < -0.3 is 5.32 Å². The summed E-state index contributed by atoms with van der Waals surface area (Å²) in [6, 6.07) is 3.48. The van der Waals surface area contributed by atoms with Crippen LogP contribution in [0.25, 0.3) is 0 Å². The Labute approximate surface area is 117 Å². The largest absolute Gasteiger partial charge is 0.308 e. The topological polar surface area (TPSA) is 29.9 Å². The molecular formula is C16H29N3. The Morgan fingerprint density at radius 1 is 1.32 bits per heavy atom. The van der Waals surface area contributed by atoms with Gasteiger partial charge in [0.15, 0.2) is 0 Å². The van der Waals surface area contributed by atoms with Crippen molar-refractivity contribution >= 4 is 0 Å². The third-order valence-corrected chi connectivity index (χ3v) is 4.31. The Kier molecular flexibility index (Phi) is 5.90. The summed E-state index contributed by atoms with van der Waals surface area (Å²) < 4.78 is 2.21. The molecule has 1 aliphatic carbocycles. The molecular weight excluding hydrogens is 234 g/mol. The zero-order valence-corrected chi connectivity index (χ0v) is 12.6. The molecule has 0 radical (unpaired) electrons. The molecule has 19 heavy (non-hydrogen) atoms. The van der Waals surface area contributed by atoms with E-state index in [0.29, 0.717) is 12.1 Å². The molecule has 1 aromatic heterocycles. The Morgan fingerprint density at radius 3 is 2.79 bits per heavy atom. The average Bonchev–Trinajstić information content (AvgIpc) is 2.93. The van der Waals surface area contributed by atoms with Gasteiger partial charge in [0.25, 0.3) is 0 Å². The highest BCUT2D eigenvalue weighted by molar-refractivity contribution is 5.00. The summed E-state index contributed by atoms with van der Waals surface area (Å²) in [5, 5.41) is 8.38. The second-order valence-corrected chi connectivity index (χ2v) is 5.85. The van der Waals surface area contributed by atoms with Crippen molar-refractivity contribution in [1.29, 1.82) is 0 Å². The third kappa shape index (κ3) is 4.34. The average molecular weight is 263 g/mol. The number of aromatic nitrogens is 2. The highest BCUT2D eigenvalue weighted by Crippen LogP contribution is 2.27. The Morgan fingerprint density at radius 2 is 2.11 bits per heavy atom. The molecule has 1 fully saturated rings. The monoisotopic (exact) mass is 263 g/mol. The van der Waals surface area contributed by atoms with E-state index in [4.69, 9.17) is 5.10 Å². The maximum absolute atomic E-state index is 4.75. The maximum atomic E-state index is 4.75. The van der Waals surface area contributed by atoms with Gasteiger partial charge in [0, 0.05) is 18.8 Å². The lowest BCUT2D eigenvalue weighted by Crippen LogP contribution is -2.28. The molecule has 0 saturated heterocycles. The van der Waals surface area contributed by atoms with Crippen LogP contribution in [0.3, 0.4) is 0 Å². The second-order valence-electron chi connectivity index (χ2n) is 5.85. The number of rotatable bonds is 7. The smallest absolute Gasteiger partial charge is 0.0762 e. The molecule has 0 bridgehead atoms. The van der Waals surface area contributed by atoms with Crippen molar-refractivity contribution in [1.82, 2.24) is 15.1 Å². The molecule has 1 aliphatic rings. The SMILES string of the molecule is CCCC(CC)NCc1ccn(C2CCCCC2)n1. The fraction of sp³-hybridized carbons (Fsp3) is 0.812. The van der Waals surface area contributed by atoms with E-state index in [9.17, 15) is 0 Å². The molecule has 1 heterocycles. The predicted molar refractivity (Wildman–Crippen MR) is 80.2 cm³/mol. The summed E-state index contributed by atoms with van der Waals surface area (Å²) in [7, 11) is 0. The minimum Gasteiger partial charge on any atom is -0.308 e. The minimum absolute atomic E-state index is 0.643. The zero-order valence-electron chi connectivity index (χ0n) is 12.6. The van der Waals surface area contributed by atoms with E-state index in [-0.39, 0.29) is 0 Å². The fourth-order valence-corrected chi connectivity index (χ4v) is 3.07. The van der Waals surface area contributed by atoms with Crippen molar-refractivity contribution in [3.05, 3.63) is 18.0 Å². The fourth-order valence-electron chi connectivity index (χ4n) is 3.07. The van der Waals surface area contributed by atoms with E-state index in [0.717, 1.165) is 6.54 Å². The molecule has 1 atom stereocenters. The van der Waals surface area contributed by atoms with Crippen LogP contribution in [-0.2, 0) is 6.54 Å². The van der Waals surface area contributed by atoms with Crippen molar-refractivity contribution in [2.24, 2.45) is 0 Å². The van der Waals surface area contributed by atoms with E-state index in [1.807, 2.05) is 0 Å². The van der Waals surface area contributed by atoms with Gasteiger partial charge in [0.05, 0.1) is 11.7 Å². The zero-order chi connectivity index (χ0) is 13.5. The van der Waals surface area contributed by atoms with Crippen molar-refractivity contribution < 1.29 is 0 Å². The molecule has 1 unspecified atom stereocenters. The van der Waals surface area contributed by atoms with E-state index in [1.54, 1.807) is 0 Å². The predicted octanol–water partition coefficient (Wildman–Crippen LogP) is 4.06. The van der Waals surface area contributed by atoms with Crippen LogP contribution in [0, 0.1) is 0 Å². The van der Waals surface area contributed by atoms with Crippen LogP contribution < -0.4 is 5.32 Å². The lowest BCUT2D eigenvalue weighted by molar-refractivity contribution is 0.327. The molecule has 3 heteroatoms. The summed E-state index contributed by atoms with van der Waals surface area (Å²) in [6.45, 7) is 5.42. The summed E-state index contributed by atoms with van der Waals surface area (Å²) >= 11 is 0. The van der Waals surface area contributed by atoms with Crippen molar-refractivity contribution in [3.8, 4) is 0 Å². The van der Waals surface area contributed by atoms with Gasteiger partial charge in [-0.25, -0.2) is 0 Å². The summed E-state index contributed by atoms with van der Waals surface area (Å²) in [4.78, 5) is 0. The first-order chi connectivity index (χ1) is 9.33. The van der Waals surface area contributed by atoms with Crippen LogP contribution in [0.15, 0.2) is 12.3 Å². The van der Waals surface area contributed by atoms with Crippen molar-refractivity contribution in [2.45, 2.75) is 83.8 Å². The quantitative estimate of drug-likeness (QED) is 0.804. The number of hydrogen-bond acceptors (Lipinski definition) is 2. The normalized spacial score (nSPS) is 18.6. The highest BCUT2D eigenvalue weighted by atomic mass is 15.3. The molecule has 1 N–H and O–H groups in total. The summed E-state index contributed by atoms with van der Waals surface area (Å²) in [5.74, 6) is 0. The molecule has 108 valence electrons. The van der Waals surface area contributed by atoms with Crippen LogP contribution in [0.2, 0.25) is 0 Å². The summed E-state index contributed by atoms with van der Waals surface area (Å²) in [6.07, 6.45) is 12.6. The lowest BCUT2D eigenvalue weighted by Gasteiger charge is -2.21. The van der Waals surface area contributed by atoms with Gasteiger partial charge in [-0.1, -0.05) is 39.5 Å². The Bertz CT molecular complexity index is 353. The summed E-state index contributed by atoms with van der Waals surface area (Å²) in [5.41, 5.74) is 1.19. The van der Waals surface area contributed by atoms with Crippen molar-refractivity contribution in [3.63, 3.8) is 0 Å².